The van der Waals surface area contributed by atoms with Crippen molar-refractivity contribution < 1.29 is 29.6 Å². The summed E-state index contributed by atoms with van der Waals surface area (Å²) >= 11 is 1.56. The summed E-state index contributed by atoms with van der Waals surface area (Å²) in [5.74, 6) is -0.931. The first-order valence-corrected chi connectivity index (χ1v) is 13.7. The fourth-order valence-corrected chi connectivity index (χ4v) is 5.40. The lowest BCUT2D eigenvalue weighted by atomic mass is 9.73. The average molecular weight is 524 g/mol. The Hall–Kier alpha value is -1.42. The first-order valence-electron chi connectivity index (χ1n) is 12.8. The summed E-state index contributed by atoms with van der Waals surface area (Å²) < 4.78 is 11.9. The fourth-order valence-electron chi connectivity index (χ4n) is 4.83. The molecule has 0 radical (unpaired) electrons. The van der Waals surface area contributed by atoms with Gasteiger partial charge in [-0.25, -0.2) is 4.98 Å². The summed E-state index contributed by atoms with van der Waals surface area (Å²) in [6.45, 7) is 12.9. The van der Waals surface area contributed by atoms with Crippen LogP contribution < -0.4 is 0 Å². The van der Waals surface area contributed by atoms with Gasteiger partial charge in [-0.1, -0.05) is 39.3 Å². The van der Waals surface area contributed by atoms with Crippen LogP contribution in [0.1, 0.15) is 77.9 Å². The maximum atomic E-state index is 13.3. The normalized spacial score (nSPS) is 33.9. The SMILES string of the molecule is COC1C=C(C)CCC[C@H](C)[C@H](O)[C@@H](C)C(=O)C(C)(C)[C@@H](O)C[C@@H](O)O[C@@H]1C(C)=Cc1csc(C)n1. The molecule has 1 aromatic rings. The van der Waals surface area contributed by atoms with Crippen molar-refractivity contribution in [3.63, 3.8) is 0 Å². The molecule has 0 bridgehead atoms. The highest BCUT2D eigenvalue weighted by Crippen LogP contribution is 2.33. The maximum Gasteiger partial charge on any atom is 0.157 e. The molecule has 1 unspecified atom stereocenters. The molecule has 3 N–H and O–H groups in total. The molecule has 36 heavy (non-hydrogen) atoms. The van der Waals surface area contributed by atoms with E-state index in [4.69, 9.17) is 9.47 Å². The van der Waals surface area contributed by atoms with E-state index in [0.717, 1.165) is 41.1 Å². The Morgan fingerprint density at radius 1 is 1.25 bits per heavy atom. The topological polar surface area (TPSA) is 109 Å². The number of aliphatic hydroxyl groups is 3. The van der Waals surface area contributed by atoms with Crippen molar-refractivity contribution in [2.45, 2.75) is 105 Å². The van der Waals surface area contributed by atoms with Gasteiger partial charge in [-0.2, -0.15) is 0 Å². The van der Waals surface area contributed by atoms with Gasteiger partial charge in [0.15, 0.2) is 6.29 Å². The quantitative estimate of drug-likeness (QED) is 0.494. The number of carbonyl (C=O) groups is 1. The second kappa shape index (κ2) is 13.4. The fraction of sp³-hybridized carbons (Fsp3) is 0.714. The van der Waals surface area contributed by atoms with Crippen LogP contribution in [-0.2, 0) is 14.3 Å². The molecule has 7 atom stereocenters. The average Bonchev–Trinajstić information content (AvgIpc) is 3.22. The summed E-state index contributed by atoms with van der Waals surface area (Å²) in [4.78, 5) is 17.8. The van der Waals surface area contributed by atoms with Crippen LogP contribution in [0.25, 0.3) is 6.08 Å². The highest BCUT2D eigenvalue weighted by atomic mass is 32.1. The molecular formula is C28H45NO6S. The number of Topliss-reactive ketones (excluding diaryl/α,β-unsaturated/α-hetero) is 1. The smallest absolute Gasteiger partial charge is 0.157 e. The standard InChI is InChI=1S/C28H45NO6S/c1-16-10-9-11-17(2)25(32)19(4)27(33)28(6,7)23(30)14-24(31)35-26(22(12-16)34-8)18(3)13-21-15-36-20(5)29-21/h12-13,15,17,19,22-26,30-32H,9-11,14H2,1-8H3/t17-,19+,22?,23-,24-,25-,26+/m0/s1. The third-order valence-corrected chi connectivity index (χ3v) is 8.21. The van der Waals surface area contributed by atoms with E-state index < -0.39 is 42.0 Å². The van der Waals surface area contributed by atoms with E-state index in [1.165, 1.54) is 0 Å². The van der Waals surface area contributed by atoms with E-state index in [2.05, 4.69) is 4.98 Å². The largest absolute Gasteiger partial charge is 0.392 e. The number of rotatable bonds is 3. The Labute approximate surface area is 220 Å². The monoisotopic (exact) mass is 523 g/mol. The Kier molecular flexibility index (Phi) is 11.5. The van der Waals surface area contributed by atoms with Crippen molar-refractivity contribution in [3.05, 3.63) is 33.3 Å². The van der Waals surface area contributed by atoms with E-state index in [-0.39, 0.29) is 18.1 Å². The number of aryl methyl sites for hydroxylation is 1. The molecule has 0 aliphatic carbocycles. The Morgan fingerprint density at radius 3 is 2.50 bits per heavy atom. The summed E-state index contributed by atoms with van der Waals surface area (Å²) in [6, 6.07) is 0. The number of allylic oxidation sites excluding steroid dienone is 1. The lowest BCUT2D eigenvalue weighted by molar-refractivity contribution is -0.174. The van der Waals surface area contributed by atoms with Gasteiger partial charge in [0, 0.05) is 30.2 Å². The van der Waals surface area contributed by atoms with Gasteiger partial charge in [0.1, 0.15) is 18.0 Å². The molecule has 7 nitrogen and oxygen atoms in total. The van der Waals surface area contributed by atoms with E-state index in [1.54, 1.807) is 39.2 Å². The number of carbonyl (C=O) groups excluding carboxylic acids is 1. The van der Waals surface area contributed by atoms with Gasteiger partial charge in [-0.05, 0) is 57.6 Å². The molecule has 2 heterocycles. The maximum absolute atomic E-state index is 13.3. The Balaban J connectivity index is 2.44. The van der Waals surface area contributed by atoms with Gasteiger partial charge < -0.3 is 24.8 Å². The van der Waals surface area contributed by atoms with Gasteiger partial charge in [0.25, 0.3) is 0 Å². The number of nitrogens with zero attached hydrogens (tertiary/aromatic N) is 1. The van der Waals surface area contributed by atoms with Crippen LogP contribution in [0.4, 0.5) is 0 Å². The number of aliphatic hydroxyl groups excluding tert-OH is 3. The minimum absolute atomic E-state index is 0.0655. The van der Waals surface area contributed by atoms with E-state index >= 15 is 0 Å². The Bertz CT molecular complexity index is 923. The number of aromatic nitrogens is 1. The van der Waals surface area contributed by atoms with Crippen LogP contribution in [0.3, 0.4) is 0 Å². The number of ether oxygens (including phenoxy) is 2. The van der Waals surface area contributed by atoms with Crippen molar-refractivity contribution in [1.82, 2.24) is 4.98 Å². The molecule has 0 fully saturated rings. The predicted octanol–water partition coefficient (Wildman–Crippen LogP) is 4.68. The predicted molar refractivity (Wildman–Crippen MR) is 144 cm³/mol. The molecule has 0 saturated heterocycles. The molecule has 1 aromatic heterocycles. The van der Waals surface area contributed by atoms with Crippen LogP contribution in [0.15, 0.2) is 22.6 Å². The second-order valence-electron chi connectivity index (χ2n) is 10.9. The minimum Gasteiger partial charge on any atom is -0.392 e. The van der Waals surface area contributed by atoms with Crippen LogP contribution >= 0.6 is 11.3 Å². The first-order chi connectivity index (χ1) is 16.8. The number of methoxy groups -OCH3 is 1. The molecule has 1 aliphatic rings. The van der Waals surface area contributed by atoms with Crippen LogP contribution in [0.5, 0.6) is 0 Å². The number of ketones is 1. The highest BCUT2D eigenvalue weighted by molar-refractivity contribution is 7.09. The van der Waals surface area contributed by atoms with E-state index in [9.17, 15) is 20.1 Å². The lowest BCUT2D eigenvalue weighted by Gasteiger charge is -2.36. The van der Waals surface area contributed by atoms with Crippen LogP contribution in [0, 0.1) is 24.2 Å². The summed E-state index contributed by atoms with van der Waals surface area (Å²) in [6.07, 6.45) is 1.81. The van der Waals surface area contributed by atoms with Gasteiger partial charge in [-0.3, -0.25) is 4.79 Å². The van der Waals surface area contributed by atoms with Crippen molar-refractivity contribution >= 4 is 23.2 Å². The molecule has 1 aliphatic heterocycles. The zero-order chi connectivity index (χ0) is 27.2. The minimum atomic E-state index is -1.34. The number of hydrogen-bond donors (Lipinski definition) is 3. The Morgan fingerprint density at radius 2 is 1.92 bits per heavy atom. The second-order valence-corrected chi connectivity index (χ2v) is 12.0. The summed E-state index contributed by atoms with van der Waals surface area (Å²) in [7, 11) is 1.60. The molecule has 0 aromatic carbocycles. The molecule has 0 saturated carbocycles. The van der Waals surface area contributed by atoms with Crippen molar-refractivity contribution in [1.29, 1.82) is 0 Å². The van der Waals surface area contributed by atoms with Crippen molar-refractivity contribution in [2.24, 2.45) is 17.3 Å². The highest BCUT2D eigenvalue weighted by Gasteiger charge is 2.42. The van der Waals surface area contributed by atoms with Crippen LogP contribution in [-0.4, -0.2) is 63.9 Å². The van der Waals surface area contributed by atoms with Gasteiger partial charge in [-0.15, -0.1) is 11.3 Å². The molecule has 8 heteroatoms. The molecule has 0 spiro atoms. The summed E-state index contributed by atoms with van der Waals surface area (Å²) in [5, 5.41) is 35.6. The molecule has 0 amide bonds. The number of thiazole rings is 1. The number of hydrogen-bond acceptors (Lipinski definition) is 8. The molecular weight excluding hydrogens is 478 g/mol. The first kappa shape index (κ1) is 30.8. The van der Waals surface area contributed by atoms with Gasteiger partial charge in [0.2, 0.25) is 0 Å². The zero-order valence-electron chi connectivity index (χ0n) is 23.0. The lowest BCUT2D eigenvalue weighted by Crippen LogP contribution is -2.46. The third kappa shape index (κ3) is 8.04. The molecule has 2 rings (SSSR count). The van der Waals surface area contributed by atoms with Gasteiger partial charge in [0.05, 0.1) is 22.9 Å². The van der Waals surface area contributed by atoms with E-state index in [1.807, 2.05) is 45.2 Å². The molecule has 204 valence electrons. The van der Waals surface area contributed by atoms with Gasteiger partial charge >= 0.3 is 0 Å². The summed E-state index contributed by atoms with van der Waals surface area (Å²) in [5.41, 5.74) is 1.58. The van der Waals surface area contributed by atoms with Crippen molar-refractivity contribution in [2.75, 3.05) is 7.11 Å². The van der Waals surface area contributed by atoms with E-state index in [0.29, 0.717) is 0 Å². The third-order valence-electron chi connectivity index (χ3n) is 7.42. The van der Waals surface area contributed by atoms with Crippen molar-refractivity contribution in [3.8, 4) is 0 Å². The zero-order valence-corrected chi connectivity index (χ0v) is 23.8. The van der Waals surface area contributed by atoms with Crippen LogP contribution in [0.2, 0.25) is 0 Å².